The summed E-state index contributed by atoms with van der Waals surface area (Å²) < 4.78 is 3.29. The molecule has 2 aromatic carbocycles. The summed E-state index contributed by atoms with van der Waals surface area (Å²) in [4.78, 5) is 5.72. The molecule has 0 spiro atoms. The molecule has 0 aliphatic rings. The SMILES string of the molecule is Clc1cccc(/C=c2\sc(=Nc3ccccc3)n3cccc23)c1. The van der Waals surface area contributed by atoms with E-state index in [4.69, 9.17) is 16.6 Å². The first-order chi connectivity index (χ1) is 11.3. The Morgan fingerprint density at radius 3 is 2.65 bits per heavy atom. The molecule has 2 nitrogen and oxygen atoms in total. The van der Waals surface area contributed by atoms with Crippen LogP contribution < -0.4 is 9.33 Å². The van der Waals surface area contributed by atoms with Gasteiger partial charge in [-0.3, -0.25) is 4.40 Å². The van der Waals surface area contributed by atoms with Gasteiger partial charge >= 0.3 is 0 Å². The first-order valence-electron chi connectivity index (χ1n) is 7.26. The lowest BCUT2D eigenvalue weighted by Crippen LogP contribution is -2.02. The van der Waals surface area contributed by atoms with E-state index in [1.165, 1.54) is 4.53 Å². The van der Waals surface area contributed by atoms with Gasteiger partial charge in [-0.15, -0.1) is 0 Å². The molecule has 4 aromatic rings. The Labute approximate surface area is 142 Å². The second-order valence-corrected chi connectivity index (χ2v) is 6.60. The molecule has 23 heavy (non-hydrogen) atoms. The summed E-state index contributed by atoms with van der Waals surface area (Å²) in [6.07, 6.45) is 4.19. The Morgan fingerprint density at radius 2 is 1.83 bits per heavy atom. The third kappa shape index (κ3) is 2.93. The molecule has 4 heteroatoms. The van der Waals surface area contributed by atoms with Crippen LogP contribution in [0, 0.1) is 0 Å². The molecule has 0 bridgehead atoms. The van der Waals surface area contributed by atoms with Crippen LogP contribution in [0.5, 0.6) is 0 Å². The predicted octanol–water partition coefficient (Wildman–Crippen LogP) is 4.43. The molecule has 0 saturated heterocycles. The number of thiazole rings is 1. The lowest BCUT2D eigenvalue weighted by atomic mass is 10.2. The molecule has 2 aromatic heterocycles. The summed E-state index contributed by atoms with van der Waals surface area (Å²) in [6.45, 7) is 0. The van der Waals surface area contributed by atoms with Crippen LogP contribution in [0.4, 0.5) is 5.69 Å². The Kier molecular flexibility index (Phi) is 3.74. The highest BCUT2D eigenvalue weighted by atomic mass is 35.5. The largest absolute Gasteiger partial charge is 0.292 e. The Balaban J connectivity index is 1.93. The fourth-order valence-corrected chi connectivity index (χ4v) is 3.76. The van der Waals surface area contributed by atoms with Crippen molar-refractivity contribution < 1.29 is 0 Å². The van der Waals surface area contributed by atoms with E-state index < -0.39 is 0 Å². The van der Waals surface area contributed by atoms with Crippen molar-refractivity contribution in [2.45, 2.75) is 0 Å². The van der Waals surface area contributed by atoms with Crippen molar-refractivity contribution in [2.75, 3.05) is 0 Å². The monoisotopic (exact) mass is 336 g/mol. The fourth-order valence-electron chi connectivity index (χ4n) is 2.49. The van der Waals surface area contributed by atoms with E-state index in [0.29, 0.717) is 0 Å². The number of hydrogen-bond acceptors (Lipinski definition) is 2. The van der Waals surface area contributed by atoms with Gasteiger partial charge in [0.1, 0.15) is 0 Å². The number of hydrogen-bond donors (Lipinski definition) is 0. The maximum absolute atomic E-state index is 6.08. The molecule has 0 fully saturated rings. The van der Waals surface area contributed by atoms with Crippen LogP contribution in [-0.4, -0.2) is 4.40 Å². The summed E-state index contributed by atoms with van der Waals surface area (Å²) in [5.41, 5.74) is 3.21. The number of benzene rings is 2. The van der Waals surface area contributed by atoms with Gasteiger partial charge in [-0.05, 0) is 48.0 Å². The average molecular weight is 337 g/mol. The maximum Gasteiger partial charge on any atom is 0.195 e. The van der Waals surface area contributed by atoms with Gasteiger partial charge in [-0.25, -0.2) is 4.99 Å². The molecule has 0 saturated carbocycles. The highest BCUT2D eigenvalue weighted by Crippen LogP contribution is 2.12. The van der Waals surface area contributed by atoms with Crippen molar-refractivity contribution >= 4 is 40.2 Å². The van der Waals surface area contributed by atoms with E-state index in [-0.39, 0.29) is 0 Å². The third-order valence-corrected chi connectivity index (χ3v) is 4.79. The summed E-state index contributed by atoms with van der Waals surface area (Å²) in [6, 6.07) is 22.0. The summed E-state index contributed by atoms with van der Waals surface area (Å²) in [5.74, 6) is 0. The van der Waals surface area contributed by atoms with Crippen LogP contribution in [0.15, 0.2) is 77.9 Å². The average Bonchev–Trinajstić information content (AvgIpc) is 3.14. The molecular formula is C19H13ClN2S. The Hall–Kier alpha value is -2.36. The van der Waals surface area contributed by atoms with Crippen molar-refractivity contribution in [1.29, 1.82) is 0 Å². The molecule has 0 N–H and O–H groups in total. The molecule has 0 aliphatic carbocycles. The topological polar surface area (TPSA) is 16.8 Å². The smallest absolute Gasteiger partial charge is 0.195 e. The number of halogens is 1. The minimum atomic E-state index is 0.746. The molecule has 0 unspecified atom stereocenters. The molecule has 0 aliphatic heterocycles. The van der Waals surface area contributed by atoms with Crippen molar-refractivity contribution in [2.24, 2.45) is 4.99 Å². The molecule has 0 amide bonds. The minimum absolute atomic E-state index is 0.746. The summed E-state index contributed by atoms with van der Waals surface area (Å²) in [5, 5.41) is 0.746. The fraction of sp³-hybridized carbons (Fsp3) is 0. The molecule has 2 heterocycles. The second kappa shape index (κ2) is 6.03. The molecule has 0 atom stereocenters. The minimum Gasteiger partial charge on any atom is -0.292 e. The number of nitrogens with zero attached hydrogens (tertiary/aromatic N) is 2. The molecule has 112 valence electrons. The van der Waals surface area contributed by atoms with Crippen LogP contribution >= 0.6 is 22.9 Å². The van der Waals surface area contributed by atoms with Crippen molar-refractivity contribution in [3.63, 3.8) is 0 Å². The number of para-hydroxylation sites is 1. The lowest BCUT2D eigenvalue weighted by Gasteiger charge is -1.92. The van der Waals surface area contributed by atoms with Gasteiger partial charge in [0.25, 0.3) is 0 Å². The van der Waals surface area contributed by atoms with E-state index in [2.05, 4.69) is 22.6 Å². The van der Waals surface area contributed by atoms with Gasteiger partial charge in [0.2, 0.25) is 0 Å². The van der Waals surface area contributed by atoms with Crippen LogP contribution in [0.2, 0.25) is 5.02 Å². The lowest BCUT2D eigenvalue weighted by molar-refractivity contribution is 1.12. The highest BCUT2D eigenvalue weighted by molar-refractivity contribution is 7.07. The standard InChI is InChI=1S/C19H13ClN2S/c20-15-7-4-6-14(12-15)13-18-17-10-5-11-22(17)19(23-18)21-16-8-2-1-3-9-16/h1-13H/b18-13-,21-19?. The van der Waals surface area contributed by atoms with Crippen molar-refractivity contribution in [3.8, 4) is 0 Å². The molecular weight excluding hydrogens is 324 g/mol. The van der Waals surface area contributed by atoms with Crippen LogP contribution in [0.25, 0.3) is 11.6 Å². The first-order valence-corrected chi connectivity index (χ1v) is 8.46. The van der Waals surface area contributed by atoms with Crippen LogP contribution in [0.1, 0.15) is 5.56 Å². The number of fused-ring (bicyclic) bond motifs is 1. The zero-order valence-corrected chi connectivity index (χ0v) is 13.8. The Bertz CT molecular complexity index is 1080. The zero-order valence-electron chi connectivity index (χ0n) is 12.2. The van der Waals surface area contributed by atoms with Gasteiger partial charge in [0.05, 0.1) is 15.7 Å². The molecule has 0 radical (unpaired) electrons. The van der Waals surface area contributed by atoms with Crippen LogP contribution in [0.3, 0.4) is 0 Å². The summed E-state index contributed by atoms with van der Waals surface area (Å²) in [7, 11) is 0. The molecule has 4 rings (SSSR count). The summed E-state index contributed by atoms with van der Waals surface area (Å²) >= 11 is 7.75. The predicted molar refractivity (Wildman–Crippen MR) is 97.2 cm³/mol. The van der Waals surface area contributed by atoms with E-state index in [1.807, 2.05) is 60.8 Å². The van der Waals surface area contributed by atoms with Gasteiger partial charge < -0.3 is 0 Å². The van der Waals surface area contributed by atoms with Gasteiger partial charge in [-0.2, -0.15) is 0 Å². The highest BCUT2D eigenvalue weighted by Gasteiger charge is 2.02. The quantitative estimate of drug-likeness (QED) is 0.515. The van der Waals surface area contributed by atoms with Crippen LogP contribution in [-0.2, 0) is 0 Å². The van der Waals surface area contributed by atoms with Crippen molar-refractivity contribution in [3.05, 3.63) is 92.8 Å². The van der Waals surface area contributed by atoms with E-state index >= 15 is 0 Å². The van der Waals surface area contributed by atoms with Gasteiger partial charge in [0, 0.05) is 11.2 Å². The third-order valence-electron chi connectivity index (χ3n) is 3.54. The van der Waals surface area contributed by atoms with Gasteiger partial charge in [0.15, 0.2) is 4.80 Å². The first kappa shape index (κ1) is 14.2. The van der Waals surface area contributed by atoms with E-state index in [0.717, 1.165) is 26.6 Å². The number of aromatic nitrogens is 1. The normalized spacial score (nSPS) is 13.1. The van der Waals surface area contributed by atoms with E-state index in [1.54, 1.807) is 11.3 Å². The second-order valence-electron chi connectivity index (χ2n) is 5.16. The zero-order chi connectivity index (χ0) is 15.6. The van der Waals surface area contributed by atoms with E-state index in [9.17, 15) is 0 Å². The maximum atomic E-state index is 6.08. The number of rotatable bonds is 2. The van der Waals surface area contributed by atoms with Crippen molar-refractivity contribution in [1.82, 2.24) is 4.40 Å². The Morgan fingerprint density at radius 1 is 0.957 bits per heavy atom. The van der Waals surface area contributed by atoms with Gasteiger partial charge in [-0.1, -0.05) is 53.3 Å².